The van der Waals surface area contributed by atoms with Crippen LogP contribution in [0.3, 0.4) is 0 Å². The highest BCUT2D eigenvalue weighted by molar-refractivity contribution is 9.09. The Kier molecular flexibility index (Phi) is 16.3. The maximum absolute atomic E-state index is 13.8. The van der Waals surface area contributed by atoms with Crippen molar-refractivity contribution in [2.45, 2.75) is 21.3 Å². The Labute approximate surface area is 396 Å². The molecule has 0 bridgehead atoms. The van der Waals surface area contributed by atoms with E-state index in [1.807, 2.05) is 133 Å². The Morgan fingerprint density at radius 3 is 0.839 bits per heavy atom. The van der Waals surface area contributed by atoms with Crippen molar-refractivity contribution in [3.8, 4) is 56.0 Å². The predicted octanol–water partition coefficient (Wildman–Crippen LogP) is 14.4. The molecular formula is C52H42Br4O6. The molecule has 0 unspecified atom stereocenters. The molecule has 0 aromatic heterocycles. The number of benzene rings is 7. The summed E-state index contributed by atoms with van der Waals surface area (Å²) in [5.74, 6) is 0.338. The van der Waals surface area contributed by atoms with Gasteiger partial charge in [-0.15, -0.1) is 0 Å². The molecule has 0 N–H and O–H groups in total. The van der Waals surface area contributed by atoms with Crippen LogP contribution in [0.2, 0.25) is 0 Å². The van der Waals surface area contributed by atoms with Crippen LogP contribution in [-0.4, -0.2) is 38.4 Å². The number of carbonyl (C=O) groups excluding carboxylic acids is 2. The van der Waals surface area contributed by atoms with E-state index >= 15 is 0 Å². The van der Waals surface area contributed by atoms with Crippen LogP contribution in [0.15, 0.2) is 158 Å². The van der Waals surface area contributed by atoms with E-state index in [0.29, 0.717) is 22.6 Å². The van der Waals surface area contributed by atoms with Crippen molar-refractivity contribution in [1.82, 2.24) is 0 Å². The van der Waals surface area contributed by atoms with Gasteiger partial charge in [-0.05, 0) is 91.0 Å². The Balaban J connectivity index is 0.952. The van der Waals surface area contributed by atoms with Crippen LogP contribution in [-0.2, 0) is 30.8 Å². The third-order valence-corrected chi connectivity index (χ3v) is 12.8. The minimum Gasteiger partial charge on any atom is -0.490 e. The molecule has 0 fully saturated rings. The van der Waals surface area contributed by atoms with Gasteiger partial charge in [-0.25, -0.2) is 9.59 Å². The van der Waals surface area contributed by atoms with Crippen LogP contribution in [0.1, 0.15) is 43.0 Å². The van der Waals surface area contributed by atoms with Gasteiger partial charge in [-0.3, -0.25) is 0 Å². The molecule has 7 aromatic rings. The number of rotatable bonds is 18. The summed E-state index contributed by atoms with van der Waals surface area (Å²) in [6.07, 6.45) is 0. The van der Waals surface area contributed by atoms with E-state index in [1.54, 1.807) is 24.3 Å². The van der Waals surface area contributed by atoms with Gasteiger partial charge in [0.05, 0.1) is 11.1 Å². The van der Waals surface area contributed by atoms with E-state index in [9.17, 15) is 9.59 Å². The fraction of sp³-hybridized carbons (Fsp3) is 0.154. The summed E-state index contributed by atoms with van der Waals surface area (Å²) in [6, 6.07) is 51.5. The fourth-order valence-electron chi connectivity index (χ4n) is 6.96. The zero-order valence-corrected chi connectivity index (χ0v) is 40.0. The molecule has 6 nitrogen and oxygen atoms in total. The first-order chi connectivity index (χ1) is 30.4. The summed E-state index contributed by atoms with van der Waals surface area (Å²) in [5.41, 5.74) is 12.5. The van der Waals surface area contributed by atoms with Crippen molar-refractivity contribution >= 4 is 75.7 Å². The summed E-state index contributed by atoms with van der Waals surface area (Å²) < 4.78 is 23.6. The quantitative estimate of drug-likeness (QED) is 0.0484. The van der Waals surface area contributed by atoms with E-state index < -0.39 is 11.9 Å². The van der Waals surface area contributed by atoms with E-state index in [2.05, 4.69) is 63.7 Å². The molecule has 7 rings (SSSR count). The Bertz CT molecular complexity index is 2260. The van der Waals surface area contributed by atoms with Gasteiger partial charge in [-0.1, -0.05) is 197 Å². The zero-order chi connectivity index (χ0) is 43.3. The number of halogens is 4. The maximum Gasteiger partial charge on any atom is 0.339 e. The summed E-state index contributed by atoms with van der Waals surface area (Å²) in [4.78, 5) is 27.7. The standard InChI is InChI=1S/C52H42Br4O6/c53-31-35-7-15-39(16-8-35)45-3-1-4-46(40-17-9-36(32-54)10-18-40)49(45)51(57)61-29-27-59-43-23-25-44(26-24-43)60-28-30-62-52(58)50-47(41-19-11-37(33-55)12-20-41)5-2-6-48(50)42-21-13-38(34-56)14-22-42/h1-26H,27-34H2. The summed E-state index contributed by atoms with van der Waals surface area (Å²) in [7, 11) is 0. The van der Waals surface area contributed by atoms with Gasteiger partial charge in [0.25, 0.3) is 0 Å². The molecule has 0 atom stereocenters. The second-order valence-electron chi connectivity index (χ2n) is 14.2. The fourth-order valence-corrected chi connectivity index (χ4v) is 8.46. The first-order valence-corrected chi connectivity index (χ1v) is 24.4. The molecule has 0 aliphatic rings. The average Bonchev–Trinajstić information content (AvgIpc) is 3.34. The van der Waals surface area contributed by atoms with Crippen molar-refractivity contribution < 1.29 is 28.5 Å². The van der Waals surface area contributed by atoms with E-state index in [-0.39, 0.29) is 26.4 Å². The highest BCUT2D eigenvalue weighted by Gasteiger charge is 2.22. The van der Waals surface area contributed by atoms with Crippen molar-refractivity contribution in [1.29, 1.82) is 0 Å². The molecule has 0 amide bonds. The lowest BCUT2D eigenvalue weighted by Gasteiger charge is -2.16. The molecular weight excluding hydrogens is 1040 g/mol. The number of esters is 2. The third-order valence-electron chi connectivity index (χ3n) is 10.2. The van der Waals surface area contributed by atoms with Gasteiger partial charge in [0.15, 0.2) is 0 Å². The molecule has 0 aliphatic heterocycles. The van der Waals surface area contributed by atoms with E-state index in [1.165, 1.54) is 0 Å². The minimum absolute atomic E-state index is 0.0520. The van der Waals surface area contributed by atoms with Gasteiger partial charge >= 0.3 is 11.9 Å². The lowest BCUT2D eigenvalue weighted by atomic mass is 9.91. The van der Waals surface area contributed by atoms with Gasteiger partial charge in [-0.2, -0.15) is 0 Å². The van der Waals surface area contributed by atoms with Crippen LogP contribution in [0, 0.1) is 0 Å². The third kappa shape index (κ3) is 11.3. The molecule has 10 heteroatoms. The van der Waals surface area contributed by atoms with Crippen LogP contribution in [0.4, 0.5) is 0 Å². The lowest BCUT2D eigenvalue weighted by Crippen LogP contribution is -2.14. The van der Waals surface area contributed by atoms with Crippen molar-refractivity contribution in [3.63, 3.8) is 0 Å². The predicted molar refractivity (Wildman–Crippen MR) is 263 cm³/mol. The molecule has 0 saturated carbocycles. The average molecular weight is 1080 g/mol. The van der Waals surface area contributed by atoms with Gasteiger partial charge in [0.2, 0.25) is 0 Å². The SMILES string of the molecule is O=C(OCCOc1ccc(OCCOC(=O)c2c(-c3ccc(CBr)cc3)cccc2-c2ccc(CBr)cc2)cc1)c1c(-c2ccc(CBr)cc2)cccc1-c1ccc(CBr)cc1. The molecule has 0 aliphatic carbocycles. The topological polar surface area (TPSA) is 71.1 Å². The van der Waals surface area contributed by atoms with Crippen LogP contribution in [0.5, 0.6) is 11.5 Å². The largest absolute Gasteiger partial charge is 0.490 e. The van der Waals surface area contributed by atoms with Crippen molar-refractivity contribution in [3.05, 3.63) is 191 Å². The second kappa shape index (κ2) is 22.4. The van der Waals surface area contributed by atoms with E-state index in [4.69, 9.17) is 18.9 Å². The smallest absolute Gasteiger partial charge is 0.339 e. The molecule has 62 heavy (non-hydrogen) atoms. The van der Waals surface area contributed by atoms with Crippen molar-refractivity contribution in [2.24, 2.45) is 0 Å². The number of ether oxygens (including phenoxy) is 4. The molecule has 0 radical (unpaired) electrons. The minimum atomic E-state index is -0.426. The highest BCUT2D eigenvalue weighted by atomic mass is 79.9. The van der Waals surface area contributed by atoms with Crippen LogP contribution < -0.4 is 9.47 Å². The molecule has 0 saturated heterocycles. The number of hydrogen-bond acceptors (Lipinski definition) is 6. The number of carbonyl (C=O) groups is 2. The first kappa shape index (κ1) is 45.0. The summed E-state index contributed by atoms with van der Waals surface area (Å²) >= 11 is 14.1. The van der Waals surface area contributed by atoms with Gasteiger partial charge in [0.1, 0.15) is 37.9 Å². The first-order valence-electron chi connectivity index (χ1n) is 20.0. The Morgan fingerprint density at radius 1 is 0.339 bits per heavy atom. The monoisotopic (exact) mass is 1080 g/mol. The van der Waals surface area contributed by atoms with E-state index in [0.717, 1.165) is 88.1 Å². The summed E-state index contributed by atoms with van der Waals surface area (Å²) in [5, 5.41) is 2.98. The molecule has 0 spiro atoms. The van der Waals surface area contributed by atoms with Crippen molar-refractivity contribution in [2.75, 3.05) is 26.4 Å². The molecule has 7 aromatic carbocycles. The Hall–Kier alpha value is -5.00. The lowest BCUT2D eigenvalue weighted by molar-refractivity contribution is 0.0442. The second-order valence-corrected chi connectivity index (χ2v) is 16.5. The Morgan fingerprint density at radius 2 is 0.597 bits per heavy atom. The normalized spacial score (nSPS) is 10.9. The van der Waals surface area contributed by atoms with Crippen LogP contribution >= 0.6 is 63.7 Å². The molecule has 314 valence electrons. The van der Waals surface area contributed by atoms with Gasteiger partial charge in [0, 0.05) is 21.3 Å². The maximum atomic E-state index is 13.8. The van der Waals surface area contributed by atoms with Gasteiger partial charge < -0.3 is 18.9 Å². The molecule has 0 heterocycles. The number of hydrogen-bond donors (Lipinski definition) is 0. The zero-order valence-electron chi connectivity index (χ0n) is 33.6. The van der Waals surface area contributed by atoms with Crippen LogP contribution in [0.25, 0.3) is 44.5 Å². The highest BCUT2D eigenvalue weighted by Crippen LogP contribution is 2.36. The summed E-state index contributed by atoms with van der Waals surface area (Å²) in [6.45, 7) is 0.418. The number of alkyl halides is 4.